The fourth-order valence-corrected chi connectivity index (χ4v) is 0. The molecule has 0 rings (SSSR count). The Labute approximate surface area is 127 Å². The van der Waals surface area contributed by atoms with Gasteiger partial charge in [0.15, 0.2) is 0 Å². The average Bonchev–Trinajstić information content (AvgIpc) is 1.50. The molecule has 0 nitrogen and oxygen atoms in total. The van der Waals surface area contributed by atoms with E-state index < -0.39 is 0 Å². The van der Waals surface area contributed by atoms with Gasteiger partial charge in [0.05, 0.1) is 0 Å². The molecule has 0 radical (unpaired) electrons. The van der Waals surface area contributed by atoms with Crippen LogP contribution in [0.5, 0.6) is 0 Å². The number of hydrogen-bond donors (Lipinski definition) is 0. The zero-order valence-corrected chi connectivity index (χ0v) is 12.3. The molecule has 0 saturated carbocycles. The maximum absolute atomic E-state index is 5.00. The SMILES string of the molecule is [Br-].[Br-].[C-]#[C-].[C-]#[C-].[Mg+2].[Mg+2].[Mg+2]. The maximum atomic E-state index is 5.00. The molecule has 0 aromatic heterocycles. The molecule has 0 aromatic rings. The van der Waals surface area contributed by atoms with Gasteiger partial charge in [-0.2, -0.15) is 0 Å². The summed E-state index contributed by atoms with van der Waals surface area (Å²) in [7, 11) is 0. The molecule has 0 bridgehead atoms. The molecule has 0 amide bonds. The Kier molecular flexibility index (Phi) is 1150. The Hall–Kier alpha value is 2.38. The molecule has 0 aliphatic carbocycles. The van der Waals surface area contributed by atoms with E-state index in [1.54, 1.807) is 0 Å². The molecule has 0 unspecified atom stereocenters. The molecule has 0 aliphatic heterocycles. The first-order valence-corrected chi connectivity index (χ1v) is 0.500. The molecule has 5 heteroatoms. The van der Waals surface area contributed by atoms with Crippen LogP contribution >= 0.6 is 0 Å². The second-order valence-electron chi connectivity index (χ2n) is 0. The van der Waals surface area contributed by atoms with Crippen LogP contribution in [0.2, 0.25) is 0 Å². The second-order valence-corrected chi connectivity index (χ2v) is 0. The Bertz CT molecular complexity index is 29.3. The van der Waals surface area contributed by atoms with E-state index in [0.29, 0.717) is 0 Å². The van der Waals surface area contributed by atoms with Gasteiger partial charge in [-0.3, -0.25) is 0 Å². The minimum absolute atomic E-state index is 0. The average molecular weight is 281 g/mol. The summed E-state index contributed by atoms with van der Waals surface area (Å²) in [5, 5.41) is 0. The Morgan fingerprint density at radius 1 is 0.444 bits per heavy atom. The summed E-state index contributed by atoms with van der Waals surface area (Å²) in [6.07, 6.45) is 20.0. The van der Waals surface area contributed by atoms with E-state index in [1.165, 1.54) is 0 Å². The summed E-state index contributed by atoms with van der Waals surface area (Å²) in [6, 6.07) is 0. The van der Waals surface area contributed by atoms with Gasteiger partial charge in [0.25, 0.3) is 0 Å². The third kappa shape index (κ3) is 129. The van der Waals surface area contributed by atoms with Crippen molar-refractivity contribution in [2.24, 2.45) is 0 Å². The second kappa shape index (κ2) is 161. The summed E-state index contributed by atoms with van der Waals surface area (Å²) in [5.74, 6) is 0. The fraction of sp³-hybridized carbons (Fsp3) is 0. The van der Waals surface area contributed by atoms with E-state index in [1.807, 2.05) is 0 Å². The largest absolute Gasteiger partial charge is 2.00 e. The molecule has 0 atom stereocenters. The topological polar surface area (TPSA) is 0 Å². The summed E-state index contributed by atoms with van der Waals surface area (Å²) >= 11 is 0. The van der Waals surface area contributed by atoms with Gasteiger partial charge < -0.3 is 59.7 Å². The first-order valence-electron chi connectivity index (χ1n) is 0.500. The van der Waals surface area contributed by atoms with Crippen molar-refractivity contribution in [1.82, 2.24) is 0 Å². The zero-order chi connectivity index (χ0) is 4.00. The third-order valence-electron chi connectivity index (χ3n) is 0. The Morgan fingerprint density at radius 3 is 0.444 bits per heavy atom. The van der Waals surface area contributed by atoms with Crippen molar-refractivity contribution in [3.8, 4) is 0 Å². The van der Waals surface area contributed by atoms with Crippen LogP contribution < -0.4 is 34.0 Å². The molecule has 0 aromatic carbocycles. The molecule has 0 N–H and O–H groups in total. The van der Waals surface area contributed by atoms with Crippen molar-refractivity contribution in [2.45, 2.75) is 0 Å². The molecular formula is C4Br2Mg3. The molecule has 9 heavy (non-hydrogen) atoms. The Morgan fingerprint density at radius 2 is 0.444 bits per heavy atom. The van der Waals surface area contributed by atoms with Crippen LogP contribution in [0.3, 0.4) is 0 Å². The van der Waals surface area contributed by atoms with Crippen LogP contribution in [0.25, 0.3) is 0 Å². The van der Waals surface area contributed by atoms with Crippen molar-refractivity contribution in [3.05, 3.63) is 25.7 Å². The van der Waals surface area contributed by atoms with Crippen LogP contribution in [0.4, 0.5) is 0 Å². The van der Waals surface area contributed by atoms with Gasteiger partial charge in [0, 0.05) is 0 Å². The number of hydrogen-bond acceptors (Lipinski definition) is 0. The monoisotopic (exact) mass is 278 g/mol. The predicted molar refractivity (Wildman–Crippen MR) is 30.2 cm³/mol. The summed E-state index contributed by atoms with van der Waals surface area (Å²) in [6.45, 7) is 0. The summed E-state index contributed by atoms with van der Waals surface area (Å²) in [5.41, 5.74) is 0. The normalized spacial score (nSPS) is 0.444. The van der Waals surface area contributed by atoms with Crippen molar-refractivity contribution >= 4 is 69.2 Å². The van der Waals surface area contributed by atoms with Crippen LogP contribution in [0.15, 0.2) is 0 Å². The van der Waals surface area contributed by atoms with Crippen LogP contribution in [0, 0.1) is 25.7 Å². The van der Waals surface area contributed by atoms with Crippen LogP contribution in [-0.2, 0) is 0 Å². The van der Waals surface area contributed by atoms with Crippen molar-refractivity contribution < 1.29 is 34.0 Å². The molecule has 0 heterocycles. The number of halogens is 2. The van der Waals surface area contributed by atoms with Gasteiger partial charge >= 0.3 is 69.2 Å². The smallest absolute Gasteiger partial charge is 1.00 e. The van der Waals surface area contributed by atoms with Crippen LogP contribution in [-0.4, -0.2) is 69.2 Å². The predicted octanol–water partition coefficient (Wildman–Crippen LogP) is -6.81. The molecular weight excluding hydrogens is 281 g/mol. The molecule has 0 fully saturated rings. The van der Waals surface area contributed by atoms with Crippen molar-refractivity contribution in [2.75, 3.05) is 0 Å². The van der Waals surface area contributed by atoms with Crippen molar-refractivity contribution in [3.63, 3.8) is 0 Å². The van der Waals surface area contributed by atoms with E-state index in [0.717, 1.165) is 0 Å². The van der Waals surface area contributed by atoms with E-state index >= 15 is 0 Å². The standard InChI is InChI=1S/2C2.2BrH.3Mg/c2*1-2;;;;;/h;;2*1H;;;/q2*-2;;;3*+2/p-2. The van der Waals surface area contributed by atoms with Crippen molar-refractivity contribution in [1.29, 1.82) is 0 Å². The van der Waals surface area contributed by atoms with Gasteiger partial charge in [-0.15, -0.1) is 0 Å². The van der Waals surface area contributed by atoms with Gasteiger partial charge in [0.1, 0.15) is 0 Å². The number of rotatable bonds is 0. The maximum Gasteiger partial charge on any atom is 2.00 e. The molecule has 0 aliphatic rings. The quantitative estimate of drug-likeness (QED) is 0.235. The van der Waals surface area contributed by atoms with Gasteiger partial charge in [0.2, 0.25) is 0 Å². The molecule has 0 saturated heterocycles. The van der Waals surface area contributed by atoms with Crippen LogP contribution in [0.1, 0.15) is 0 Å². The third-order valence-corrected chi connectivity index (χ3v) is 0. The minimum Gasteiger partial charge on any atom is -1.00 e. The first-order chi connectivity index (χ1) is 2.00. The molecule has 0 spiro atoms. The summed E-state index contributed by atoms with van der Waals surface area (Å²) in [4.78, 5) is 0. The minimum atomic E-state index is 0. The fourth-order valence-electron chi connectivity index (χ4n) is 0. The van der Waals surface area contributed by atoms with Gasteiger partial charge in [-0.25, -0.2) is 0 Å². The summed E-state index contributed by atoms with van der Waals surface area (Å²) < 4.78 is 0. The first kappa shape index (κ1) is 63.9. The Balaban J connectivity index is -0.00000000114. The van der Waals surface area contributed by atoms with E-state index in [9.17, 15) is 0 Å². The zero-order valence-electron chi connectivity index (χ0n) is 4.88. The van der Waals surface area contributed by atoms with E-state index in [2.05, 4.69) is 0 Å². The molecule has 36 valence electrons. The van der Waals surface area contributed by atoms with Gasteiger partial charge in [-0.05, 0) is 0 Å². The van der Waals surface area contributed by atoms with Gasteiger partial charge in [-0.1, -0.05) is 0 Å². The van der Waals surface area contributed by atoms with E-state index in [4.69, 9.17) is 25.7 Å². The van der Waals surface area contributed by atoms with E-state index in [-0.39, 0.29) is 103 Å².